The third-order valence-electron chi connectivity index (χ3n) is 4.67. The Morgan fingerprint density at radius 1 is 1.28 bits per heavy atom. The smallest absolute Gasteiger partial charge is 0.309 e. The molecule has 5 heteroatoms. The maximum atomic E-state index is 12.2. The number of fused-ring (bicyclic) bond motifs is 1. The summed E-state index contributed by atoms with van der Waals surface area (Å²) in [6.07, 6.45) is 9.83. The van der Waals surface area contributed by atoms with Crippen molar-refractivity contribution in [2.24, 2.45) is 5.92 Å². The number of carbonyl (C=O) groups is 1. The van der Waals surface area contributed by atoms with E-state index < -0.39 is 0 Å². The standard InChI is InChI=1S/C20H25N3OS/c1-23(2)13-14-7-8-16-12-17(10-9-15(16)11-14)21-20(24)22-18-5-3-4-6-19(18)25/h3-5,9-10,12,14H,6-8,11,13H2,1-2H3,(H2,21,22,24). The molecule has 0 aliphatic heterocycles. The first-order chi connectivity index (χ1) is 12.0. The lowest BCUT2D eigenvalue weighted by atomic mass is 9.83. The Morgan fingerprint density at radius 3 is 2.88 bits per heavy atom. The SMILES string of the molecule is CN(C)CC1CCc2cc(NC(=O)NC3=CC=CCC3=S)ccc2C1. The summed E-state index contributed by atoms with van der Waals surface area (Å²) in [5.41, 5.74) is 4.30. The first kappa shape index (κ1) is 17.8. The van der Waals surface area contributed by atoms with Crippen LogP contribution in [0.3, 0.4) is 0 Å². The molecule has 0 heterocycles. The number of carbonyl (C=O) groups excluding carboxylic acids is 1. The highest BCUT2D eigenvalue weighted by molar-refractivity contribution is 7.80. The maximum Gasteiger partial charge on any atom is 0.323 e. The number of rotatable bonds is 4. The fraction of sp³-hybridized carbons (Fsp3) is 0.400. The molecular weight excluding hydrogens is 330 g/mol. The number of hydrogen-bond acceptors (Lipinski definition) is 3. The second-order valence-corrected chi connectivity index (χ2v) is 7.56. The van der Waals surface area contributed by atoms with Gasteiger partial charge in [-0.25, -0.2) is 4.79 Å². The summed E-state index contributed by atoms with van der Waals surface area (Å²) >= 11 is 5.27. The molecule has 0 saturated heterocycles. The average molecular weight is 356 g/mol. The molecule has 1 unspecified atom stereocenters. The number of hydrogen-bond donors (Lipinski definition) is 2. The minimum absolute atomic E-state index is 0.245. The van der Waals surface area contributed by atoms with Crippen LogP contribution < -0.4 is 10.6 Å². The first-order valence-electron chi connectivity index (χ1n) is 8.76. The highest BCUT2D eigenvalue weighted by atomic mass is 32.1. The van der Waals surface area contributed by atoms with Crippen molar-refractivity contribution in [1.29, 1.82) is 0 Å². The molecule has 1 aromatic carbocycles. The molecular formula is C20H25N3OS. The van der Waals surface area contributed by atoms with E-state index in [0.29, 0.717) is 12.1 Å². The van der Waals surface area contributed by atoms with Gasteiger partial charge in [0.15, 0.2) is 0 Å². The van der Waals surface area contributed by atoms with Gasteiger partial charge in [0.1, 0.15) is 0 Å². The monoisotopic (exact) mass is 355 g/mol. The van der Waals surface area contributed by atoms with Crippen LogP contribution in [-0.2, 0) is 12.8 Å². The predicted molar refractivity (Wildman–Crippen MR) is 107 cm³/mol. The van der Waals surface area contributed by atoms with Crippen LogP contribution in [0.25, 0.3) is 0 Å². The second kappa shape index (κ2) is 7.93. The largest absolute Gasteiger partial charge is 0.323 e. The molecule has 0 bridgehead atoms. The molecule has 0 saturated carbocycles. The van der Waals surface area contributed by atoms with Crippen LogP contribution >= 0.6 is 12.2 Å². The molecule has 0 radical (unpaired) electrons. The lowest BCUT2D eigenvalue weighted by Gasteiger charge is -2.27. The van der Waals surface area contributed by atoms with E-state index in [2.05, 4.69) is 41.8 Å². The predicted octanol–water partition coefficient (Wildman–Crippen LogP) is 3.69. The molecule has 2 N–H and O–H groups in total. The molecule has 2 aliphatic carbocycles. The Balaban J connectivity index is 1.61. The molecule has 1 atom stereocenters. The minimum Gasteiger partial charge on any atom is -0.309 e. The summed E-state index contributed by atoms with van der Waals surface area (Å²) in [6, 6.07) is 6.00. The lowest BCUT2D eigenvalue weighted by molar-refractivity contribution is 0.254. The quantitative estimate of drug-likeness (QED) is 0.810. The van der Waals surface area contributed by atoms with E-state index >= 15 is 0 Å². The molecule has 3 rings (SSSR count). The lowest BCUT2D eigenvalue weighted by Crippen LogP contribution is -2.31. The summed E-state index contributed by atoms with van der Waals surface area (Å²) in [7, 11) is 4.26. The van der Waals surface area contributed by atoms with Gasteiger partial charge in [-0.05, 0) is 68.6 Å². The van der Waals surface area contributed by atoms with Crippen molar-refractivity contribution >= 4 is 28.8 Å². The van der Waals surface area contributed by atoms with Gasteiger partial charge < -0.3 is 15.5 Å². The highest BCUT2D eigenvalue weighted by Crippen LogP contribution is 2.28. The molecule has 0 aromatic heterocycles. The van der Waals surface area contributed by atoms with Crippen LogP contribution in [0.4, 0.5) is 10.5 Å². The zero-order valence-electron chi connectivity index (χ0n) is 14.8. The van der Waals surface area contributed by atoms with Crippen LogP contribution in [0.1, 0.15) is 24.0 Å². The van der Waals surface area contributed by atoms with Gasteiger partial charge >= 0.3 is 6.03 Å². The summed E-state index contributed by atoms with van der Waals surface area (Å²) in [4.78, 5) is 15.2. The summed E-state index contributed by atoms with van der Waals surface area (Å²) < 4.78 is 0. The zero-order chi connectivity index (χ0) is 17.8. The van der Waals surface area contributed by atoms with Gasteiger partial charge in [-0.15, -0.1) is 0 Å². The Morgan fingerprint density at radius 2 is 2.12 bits per heavy atom. The van der Waals surface area contributed by atoms with Crippen LogP contribution in [0.5, 0.6) is 0 Å². The van der Waals surface area contributed by atoms with Crippen molar-refractivity contribution < 1.29 is 4.79 Å². The summed E-state index contributed by atoms with van der Waals surface area (Å²) in [5, 5.41) is 5.76. The highest BCUT2D eigenvalue weighted by Gasteiger charge is 2.19. The Kier molecular flexibility index (Phi) is 5.66. The van der Waals surface area contributed by atoms with E-state index in [4.69, 9.17) is 12.2 Å². The number of nitrogens with one attached hydrogen (secondary N) is 2. The topological polar surface area (TPSA) is 44.4 Å². The van der Waals surface area contributed by atoms with Crippen molar-refractivity contribution in [2.45, 2.75) is 25.7 Å². The number of anilines is 1. The van der Waals surface area contributed by atoms with Gasteiger partial charge in [-0.2, -0.15) is 0 Å². The number of benzene rings is 1. The molecule has 0 spiro atoms. The molecule has 2 aliphatic rings. The van der Waals surface area contributed by atoms with Crippen molar-refractivity contribution in [1.82, 2.24) is 10.2 Å². The average Bonchev–Trinajstić information content (AvgIpc) is 2.56. The van der Waals surface area contributed by atoms with E-state index in [1.165, 1.54) is 17.5 Å². The van der Waals surface area contributed by atoms with E-state index in [1.807, 2.05) is 24.3 Å². The van der Waals surface area contributed by atoms with E-state index in [0.717, 1.165) is 35.9 Å². The third-order valence-corrected chi connectivity index (χ3v) is 5.06. The molecule has 0 fully saturated rings. The zero-order valence-corrected chi connectivity index (χ0v) is 15.7. The Labute approximate surface area is 155 Å². The van der Waals surface area contributed by atoms with Crippen molar-refractivity contribution in [3.63, 3.8) is 0 Å². The number of allylic oxidation sites excluding steroid dienone is 4. The van der Waals surface area contributed by atoms with Gasteiger partial charge in [0.2, 0.25) is 0 Å². The van der Waals surface area contributed by atoms with Gasteiger partial charge in [0, 0.05) is 23.5 Å². The third kappa shape index (κ3) is 4.77. The molecule has 132 valence electrons. The second-order valence-electron chi connectivity index (χ2n) is 7.07. The Hall–Kier alpha value is -1.98. The van der Waals surface area contributed by atoms with Crippen LogP contribution in [0.2, 0.25) is 0 Å². The van der Waals surface area contributed by atoms with Crippen LogP contribution in [0, 0.1) is 5.92 Å². The van der Waals surface area contributed by atoms with E-state index in [-0.39, 0.29) is 6.03 Å². The molecule has 25 heavy (non-hydrogen) atoms. The normalized spacial score (nSPS) is 19.4. The fourth-order valence-electron chi connectivity index (χ4n) is 3.52. The first-order valence-corrected chi connectivity index (χ1v) is 9.16. The minimum atomic E-state index is -0.245. The van der Waals surface area contributed by atoms with Gasteiger partial charge in [0.05, 0.1) is 5.70 Å². The molecule has 4 nitrogen and oxygen atoms in total. The van der Waals surface area contributed by atoms with Crippen LogP contribution in [-0.4, -0.2) is 36.4 Å². The van der Waals surface area contributed by atoms with Crippen molar-refractivity contribution in [3.05, 3.63) is 53.3 Å². The van der Waals surface area contributed by atoms with Crippen molar-refractivity contribution in [3.8, 4) is 0 Å². The van der Waals surface area contributed by atoms with Crippen LogP contribution in [0.15, 0.2) is 42.1 Å². The van der Waals surface area contributed by atoms with Gasteiger partial charge in [-0.3, -0.25) is 0 Å². The summed E-state index contributed by atoms with van der Waals surface area (Å²) in [5.74, 6) is 0.719. The molecule has 2 amide bonds. The number of aryl methyl sites for hydroxylation is 1. The van der Waals surface area contributed by atoms with E-state index in [1.54, 1.807) is 0 Å². The fourth-order valence-corrected chi connectivity index (χ4v) is 3.73. The number of amides is 2. The molecule has 1 aromatic rings. The van der Waals surface area contributed by atoms with E-state index in [9.17, 15) is 4.79 Å². The number of thiocarbonyl (C=S) groups is 1. The number of urea groups is 1. The maximum absolute atomic E-state index is 12.2. The van der Waals surface area contributed by atoms with Crippen molar-refractivity contribution in [2.75, 3.05) is 26.0 Å². The Bertz CT molecular complexity index is 736. The summed E-state index contributed by atoms with van der Waals surface area (Å²) in [6.45, 7) is 1.13. The van der Waals surface area contributed by atoms with Gasteiger partial charge in [0.25, 0.3) is 0 Å². The number of nitrogens with zero attached hydrogens (tertiary/aromatic N) is 1. The van der Waals surface area contributed by atoms with Gasteiger partial charge in [-0.1, -0.05) is 30.4 Å².